The van der Waals surface area contributed by atoms with Gasteiger partial charge in [-0.3, -0.25) is 0 Å². The van der Waals surface area contributed by atoms with Crippen molar-refractivity contribution in [1.29, 1.82) is 0 Å². The third-order valence-electron chi connectivity index (χ3n) is 2.87. The first-order valence-electron chi connectivity index (χ1n) is 6.65. The van der Waals surface area contributed by atoms with Crippen LogP contribution in [0.3, 0.4) is 0 Å². The van der Waals surface area contributed by atoms with E-state index in [-0.39, 0.29) is 18.8 Å². The molecule has 7 nitrogen and oxygen atoms in total. The Bertz CT molecular complexity index is 832. The number of carbonyl (C=O) groups is 2. The van der Waals surface area contributed by atoms with E-state index in [0.717, 1.165) is 0 Å². The zero-order valence-corrected chi connectivity index (χ0v) is 12.3. The first-order chi connectivity index (χ1) is 10.9. The SMILES string of the molecule is C=C(C)C(=O)OCCOc1ccc2cc(C(=O)O)c(=O)oc2c1. The molecule has 1 aromatic carbocycles. The van der Waals surface area contributed by atoms with E-state index >= 15 is 0 Å². The average molecular weight is 318 g/mol. The molecule has 7 heteroatoms. The molecule has 0 radical (unpaired) electrons. The molecule has 0 aliphatic heterocycles. The molecule has 120 valence electrons. The smallest absolute Gasteiger partial charge is 0.351 e. The van der Waals surface area contributed by atoms with Crippen LogP contribution in [0.4, 0.5) is 0 Å². The van der Waals surface area contributed by atoms with Gasteiger partial charge in [-0.2, -0.15) is 0 Å². The van der Waals surface area contributed by atoms with Gasteiger partial charge >= 0.3 is 17.6 Å². The van der Waals surface area contributed by atoms with Crippen LogP contribution in [-0.2, 0) is 9.53 Å². The van der Waals surface area contributed by atoms with Gasteiger partial charge in [-0.1, -0.05) is 6.58 Å². The molecule has 0 saturated carbocycles. The normalized spacial score (nSPS) is 10.3. The number of hydrogen-bond acceptors (Lipinski definition) is 6. The Kier molecular flexibility index (Phi) is 4.80. The van der Waals surface area contributed by atoms with Crippen molar-refractivity contribution in [3.63, 3.8) is 0 Å². The minimum atomic E-state index is -1.35. The Hall–Kier alpha value is -3.09. The van der Waals surface area contributed by atoms with Crippen LogP contribution >= 0.6 is 0 Å². The molecule has 0 aliphatic rings. The largest absolute Gasteiger partial charge is 0.490 e. The third-order valence-corrected chi connectivity index (χ3v) is 2.87. The lowest BCUT2D eigenvalue weighted by Crippen LogP contribution is -2.13. The minimum absolute atomic E-state index is 0.0473. The number of ether oxygens (including phenoxy) is 2. The molecule has 1 N–H and O–H groups in total. The van der Waals surface area contributed by atoms with Gasteiger partial charge in [-0.25, -0.2) is 14.4 Å². The highest BCUT2D eigenvalue weighted by molar-refractivity contribution is 5.91. The molecule has 2 rings (SSSR count). The molecule has 0 bridgehead atoms. The summed E-state index contributed by atoms with van der Waals surface area (Å²) in [6.45, 7) is 5.16. The van der Waals surface area contributed by atoms with Crippen LogP contribution in [0.1, 0.15) is 17.3 Å². The number of rotatable bonds is 6. The predicted molar refractivity (Wildman–Crippen MR) is 80.7 cm³/mol. The van der Waals surface area contributed by atoms with Gasteiger partial charge in [0.15, 0.2) is 0 Å². The highest BCUT2D eigenvalue weighted by Gasteiger charge is 2.12. The maximum absolute atomic E-state index is 11.5. The van der Waals surface area contributed by atoms with E-state index in [0.29, 0.717) is 16.7 Å². The van der Waals surface area contributed by atoms with Crippen LogP contribution < -0.4 is 10.4 Å². The van der Waals surface area contributed by atoms with Gasteiger partial charge in [0.1, 0.15) is 30.1 Å². The summed E-state index contributed by atoms with van der Waals surface area (Å²) in [4.78, 5) is 33.6. The van der Waals surface area contributed by atoms with Gasteiger partial charge in [0.2, 0.25) is 0 Å². The summed E-state index contributed by atoms with van der Waals surface area (Å²) in [6.07, 6.45) is 0. The summed E-state index contributed by atoms with van der Waals surface area (Å²) in [5, 5.41) is 9.34. The molecule has 0 amide bonds. The van der Waals surface area contributed by atoms with Gasteiger partial charge in [-0.15, -0.1) is 0 Å². The molecule has 0 atom stereocenters. The number of carboxylic acid groups (broad SMARTS) is 1. The van der Waals surface area contributed by atoms with Gasteiger partial charge in [0.25, 0.3) is 0 Å². The summed E-state index contributed by atoms with van der Waals surface area (Å²) in [5.41, 5.74) is -0.862. The topological polar surface area (TPSA) is 103 Å². The molecule has 0 aliphatic carbocycles. The number of carboxylic acids is 1. The second-order valence-corrected chi connectivity index (χ2v) is 4.72. The van der Waals surface area contributed by atoms with Crippen LogP contribution in [0, 0.1) is 0 Å². The van der Waals surface area contributed by atoms with Gasteiger partial charge < -0.3 is 19.0 Å². The fourth-order valence-corrected chi connectivity index (χ4v) is 1.75. The van der Waals surface area contributed by atoms with E-state index in [1.54, 1.807) is 19.1 Å². The zero-order chi connectivity index (χ0) is 17.0. The Morgan fingerprint density at radius 2 is 2.00 bits per heavy atom. The molecule has 1 aromatic heterocycles. The lowest BCUT2D eigenvalue weighted by atomic mass is 10.2. The average Bonchev–Trinajstić information content (AvgIpc) is 2.50. The first kappa shape index (κ1) is 16.3. The van der Waals surface area contributed by atoms with E-state index in [9.17, 15) is 14.4 Å². The zero-order valence-electron chi connectivity index (χ0n) is 12.3. The molecule has 0 unspecified atom stereocenters. The number of esters is 1. The fraction of sp³-hybridized carbons (Fsp3) is 0.188. The number of aromatic carboxylic acids is 1. The summed E-state index contributed by atoms with van der Waals surface area (Å²) in [5.74, 6) is -1.45. The van der Waals surface area contributed by atoms with Crippen molar-refractivity contribution in [3.05, 3.63) is 52.4 Å². The second-order valence-electron chi connectivity index (χ2n) is 4.72. The van der Waals surface area contributed by atoms with E-state index in [1.807, 2.05) is 0 Å². The maximum Gasteiger partial charge on any atom is 0.351 e. The molecule has 0 fully saturated rings. The molecule has 23 heavy (non-hydrogen) atoms. The van der Waals surface area contributed by atoms with Crippen molar-refractivity contribution in [2.24, 2.45) is 0 Å². The fourth-order valence-electron chi connectivity index (χ4n) is 1.75. The van der Waals surface area contributed by atoms with Gasteiger partial charge in [-0.05, 0) is 25.1 Å². The Labute approximate surface area is 130 Å². The van der Waals surface area contributed by atoms with Crippen LogP contribution in [0.25, 0.3) is 11.0 Å². The number of benzene rings is 1. The summed E-state index contributed by atoms with van der Waals surface area (Å²) in [7, 11) is 0. The van der Waals surface area contributed by atoms with Crippen molar-refractivity contribution in [2.75, 3.05) is 13.2 Å². The molecular formula is C16H14O7. The summed E-state index contributed by atoms with van der Waals surface area (Å²) >= 11 is 0. The monoisotopic (exact) mass is 318 g/mol. The van der Waals surface area contributed by atoms with Crippen LogP contribution in [0.2, 0.25) is 0 Å². The molecular weight excluding hydrogens is 304 g/mol. The molecule has 2 aromatic rings. The van der Waals surface area contributed by atoms with Crippen molar-refractivity contribution < 1.29 is 28.6 Å². The Morgan fingerprint density at radius 3 is 2.65 bits per heavy atom. The number of fused-ring (bicyclic) bond motifs is 1. The number of hydrogen-bond donors (Lipinski definition) is 1. The summed E-state index contributed by atoms with van der Waals surface area (Å²) in [6, 6.07) is 5.86. The highest BCUT2D eigenvalue weighted by Crippen LogP contribution is 2.20. The van der Waals surface area contributed by atoms with E-state index in [1.165, 1.54) is 12.1 Å². The highest BCUT2D eigenvalue weighted by atomic mass is 16.6. The van der Waals surface area contributed by atoms with E-state index in [4.69, 9.17) is 19.0 Å². The maximum atomic E-state index is 11.5. The molecule has 0 spiro atoms. The van der Waals surface area contributed by atoms with Crippen molar-refractivity contribution in [1.82, 2.24) is 0 Å². The Balaban J connectivity index is 2.07. The lowest BCUT2D eigenvalue weighted by molar-refractivity contribution is -0.139. The minimum Gasteiger partial charge on any atom is -0.490 e. The van der Waals surface area contributed by atoms with Crippen molar-refractivity contribution in [2.45, 2.75) is 6.92 Å². The van der Waals surface area contributed by atoms with Crippen LogP contribution in [-0.4, -0.2) is 30.3 Å². The van der Waals surface area contributed by atoms with Gasteiger partial charge in [0.05, 0.1) is 0 Å². The number of carbonyl (C=O) groups excluding carboxylic acids is 1. The van der Waals surface area contributed by atoms with Gasteiger partial charge in [0, 0.05) is 17.0 Å². The van der Waals surface area contributed by atoms with Crippen LogP contribution in [0.15, 0.2) is 45.6 Å². The molecule has 1 heterocycles. The van der Waals surface area contributed by atoms with Crippen molar-refractivity contribution >= 4 is 22.9 Å². The predicted octanol–water partition coefficient (Wildman–Crippen LogP) is 1.99. The van der Waals surface area contributed by atoms with E-state index < -0.39 is 23.1 Å². The quantitative estimate of drug-likeness (QED) is 0.376. The standard InChI is InChI=1S/C16H14O7/c1-9(2)15(19)22-6-5-21-11-4-3-10-7-12(14(17)18)16(20)23-13(10)8-11/h3-4,7-8H,1,5-6H2,2H3,(H,17,18). The van der Waals surface area contributed by atoms with Crippen molar-refractivity contribution in [3.8, 4) is 5.75 Å². The Morgan fingerprint density at radius 1 is 1.26 bits per heavy atom. The first-order valence-corrected chi connectivity index (χ1v) is 6.65. The van der Waals surface area contributed by atoms with Crippen LogP contribution in [0.5, 0.6) is 5.75 Å². The molecule has 0 saturated heterocycles. The second kappa shape index (κ2) is 6.78. The van der Waals surface area contributed by atoms with E-state index in [2.05, 4.69) is 6.58 Å². The summed E-state index contributed by atoms with van der Waals surface area (Å²) < 4.78 is 15.2. The third kappa shape index (κ3) is 3.97. The lowest BCUT2D eigenvalue weighted by Gasteiger charge is -2.08.